The highest BCUT2D eigenvalue weighted by atomic mass is 16.2. The molecule has 1 aromatic heterocycles. The van der Waals surface area contributed by atoms with Gasteiger partial charge >= 0.3 is 0 Å². The molecule has 2 heterocycles. The Morgan fingerprint density at radius 1 is 1.45 bits per heavy atom. The van der Waals surface area contributed by atoms with Crippen molar-refractivity contribution in [2.45, 2.75) is 0 Å². The molecule has 1 aliphatic rings. The van der Waals surface area contributed by atoms with Crippen LogP contribution in [0, 0.1) is 0 Å². The average molecular weight is 277 g/mol. The predicted molar refractivity (Wildman–Crippen MR) is 75.5 cm³/mol. The fourth-order valence-corrected chi connectivity index (χ4v) is 2.08. The molecule has 0 aromatic carbocycles. The van der Waals surface area contributed by atoms with E-state index in [4.69, 9.17) is 5.73 Å². The summed E-state index contributed by atoms with van der Waals surface area (Å²) in [5.74, 6) is 0.112. The van der Waals surface area contributed by atoms with Crippen LogP contribution < -0.4 is 16.0 Å². The molecule has 0 unspecified atom stereocenters. The van der Waals surface area contributed by atoms with Crippen LogP contribution >= 0.6 is 0 Å². The smallest absolute Gasteiger partial charge is 0.248 e. The molecule has 108 valence electrons. The van der Waals surface area contributed by atoms with Crippen LogP contribution in [0.25, 0.3) is 0 Å². The maximum Gasteiger partial charge on any atom is 0.248 e. The van der Waals surface area contributed by atoms with Gasteiger partial charge in [0.15, 0.2) is 0 Å². The number of nitrogens with two attached hydrogens (primary N) is 1. The first-order valence-corrected chi connectivity index (χ1v) is 6.53. The summed E-state index contributed by atoms with van der Waals surface area (Å²) in [6.07, 6.45) is 1.52. The van der Waals surface area contributed by atoms with Gasteiger partial charge in [-0.3, -0.25) is 9.59 Å². The Morgan fingerprint density at radius 2 is 2.15 bits per heavy atom. The maximum absolute atomic E-state index is 12.1. The van der Waals surface area contributed by atoms with Gasteiger partial charge in [0.2, 0.25) is 11.8 Å². The van der Waals surface area contributed by atoms with E-state index in [0.29, 0.717) is 11.4 Å². The zero-order chi connectivity index (χ0) is 14.5. The number of nitrogens with one attached hydrogen (secondary N) is 1. The first kappa shape index (κ1) is 14.3. The van der Waals surface area contributed by atoms with Gasteiger partial charge in [-0.1, -0.05) is 0 Å². The third-order valence-electron chi connectivity index (χ3n) is 3.26. The van der Waals surface area contributed by atoms with Crippen LogP contribution in [0.5, 0.6) is 0 Å². The largest absolute Gasteiger partial charge is 0.366 e. The van der Waals surface area contributed by atoms with Gasteiger partial charge in [-0.05, 0) is 12.1 Å². The summed E-state index contributed by atoms with van der Waals surface area (Å²) < 4.78 is 0. The Balaban J connectivity index is 2.00. The third kappa shape index (κ3) is 3.45. The summed E-state index contributed by atoms with van der Waals surface area (Å²) in [7, 11) is 1.77. The Kier molecular flexibility index (Phi) is 4.52. The number of carbonyl (C=O) groups excluding carboxylic acids is 2. The van der Waals surface area contributed by atoms with E-state index in [1.54, 1.807) is 24.1 Å². The number of rotatable bonds is 4. The quantitative estimate of drug-likeness (QED) is 0.740. The van der Waals surface area contributed by atoms with Gasteiger partial charge in [0, 0.05) is 45.0 Å². The number of hydrogen-bond acceptors (Lipinski definition) is 5. The lowest BCUT2D eigenvalue weighted by Gasteiger charge is -2.29. The molecule has 2 amide bonds. The second-order valence-electron chi connectivity index (χ2n) is 4.75. The number of amides is 2. The van der Waals surface area contributed by atoms with Crippen molar-refractivity contribution in [1.29, 1.82) is 0 Å². The number of pyridine rings is 1. The van der Waals surface area contributed by atoms with Crippen molar-refractivity contribution in [2.24, 2.45) is 5.73 Å². The molecule has 1 fully saturated rings. The van der Waals surface area contributed by atoms with Gasteiger partial charge < -0.3 is 20.9 Å². The standard InChI is InChI=1S/C13H19N5O2/c1-17(9-12(19)18-6-4-15-5-7-18)11-8-10(13(14)20)2-3-16-11/h2-3,8,15H,4-7,9H2,1H3,(H2,14,20). The fourth-order valence-electron chi connectivity index (χ4n) is 2.08. The van der Waals surface area contributed by atoms with Crippen molar-refractivity contribution in [3.63, 3.8) is 0 Å². The van der Waals surface area contributed by atoms with E-state index >= 15 is 0 Å². The van der Waals surface area contributed by atoms with Crippen molar-refractivity contribution in [3.05, 3.63) is 23.9 Å². The van der Waals surface area contributed by atoms with E-state index in [1.807, 2.05) is 4.90 Å². The van der Waals surface area contributed by atoms with E-state index in [2.05, 4.69) is 10.3 Å². The van der Waals surface area contributed by atoms with E-state index in [1.165, 1.54) is 6.20 Å². The van der Waals surface area contributed by atoms with Crippen molar-refractivity contribution < 1.29 is 9.59 Å². The molecule has 3 N–H and O–H groups in total. The van der Waals surface area contributed by atoms with Crippen LogP contribution in [0.3, 0.4) is 0 Å². The molecule has 20 heavy (non-hydrogen) atoms. The van der Waals surface area contributed by atoms with Gasteiger partial charge in [-0.25, -0.2) is 4.98 Å². The molecule has 0 saturated carbocycles. The van der Waals surface area contributed by atoms with Crippen molar-refractivity contribution in [2.75, 3.05) is 44.7 Å². The van der Waals surface area contributed by atoms with E-state index in [-0.39, 0.29) is 12.5 Å². The summed E-state index contributed by atoms with van der Waals surface area (Å²) in [5.41, 5.74) is 5.62. The number of primary amides is 1. The van der Waals surface area contributed by atoms with Crippen molar-refractivity contribution in [3.8, 4) is 0 Å². The zero-order valence-corrected chi connectivity index (χ0v) is 11.5. The summed E-state index contributed by atoms with van der Waals surface area (Å²) in [5, 5.41) is 3.20. The fraction of sp³-hybridized carbons (Fsp3) is 0.462. The first-order chi connectivity index (χ1) is 9.58. The number of nitrogens with zero attached hydrogens (tertiary/aromatic N) is 3. The highest BCUT2D eigenvalue weighted by Gasteiger charge is 2.18. The molecular weight excluding hydrogens is 258 g/mol. The third-order valence-corrected chi connectivity index (χ3v) is 3.26. The van der Waals surface area contributed by atoms with E-state index in [0.717, 1.165) is 26.2 Å². The summed E-state index contributed by atoms with van der Waals surface area (Å²) in [4.78, 5) is 31.0. The minimum Gasteiger partial charge on any atom is -0.366 e. The molecule has 1 aliphatic heterocycles. The lowest BCUT2D eigenvalue weighted by atomic mass is 10.2. The van der Waals surface area contributed by atoms with Gasteiger partial charge in [-0.15, -0.1) is 0 Å². The number of hydrogen-bond donors (Lipinski definition) is 2. The highest BCUT2D eigenvalue weighted by Crippen LogP contribution is 2.11. The number of carbonyl (C=O) groups is 2. The van der Waals surface area contributed by atoms with Crippen LogP contribution in [0.2, 0.25) is 0 Å². The Bertz CT molecular complexity index is 499. The van der Waals surface area contributed by atoms with Crippen LogP contribution in [0.4, 0.5) is 5.82 Å². The number of anilines is 1. The van der Waals surface area contributed by atoms with Gasteiger partial charge in [-0.2, -0.15) is 0 Å². The lowest BCUT2D eigenvalue weighted by Crippen LogP contribution is -2.49. The van der Waals surface area contributed by atoms with Crippen LogP contribution in [-0.4, -0.2) is 61.5 Å². The molecule has 0 spiro atoms. The first-order valence-electron chi connectivity index (χ1n) is 6.53. The Labute approximate surface area is 117 Å². The van der Waals surface area contributed by atoms with Crippen LogP contribution in [-0.2, 0) is 4.79 Å². The monoisotopic (exact) mass is 277 g/mol. The second kappa shape index (κ2) is 6.33. The maximum atomic E-state index is 12.1. The van der Waals surface area contributed by atoms with Crippen molar-refractivity contribution >= 4 is 17.6 Å². The predicted octanol–water partition coefficient (Wildman–Crippen LogP) is -0.951. The molecule has 2 rings (SSSR count). The van der Waals surface area contributed by atoms with Crippen LogP contribution in [0.15, 0.2) is 18.3 Å². The molecule has 7 nitrogen and oxygen atoms in total. The van der Waals surface area contributed by atoms with Crippen molar-refractivity contribution in [1.82, 2.24) is 15.2 Å². The van der Waals surface area contributed by atoms with Gasteiger partial charge in [0.1, 0.15) is 5.82 Å². The number of aromatic nitrogens is 1. The molecule has 7 heteroatoms. The lowest BCUT2D eigenvalue weighted by molar-refractivity contribution is -0.130. The van der Waals surface area contributed by atoms with Crippen LogP contribution in [0.1, 0.15) is 10.4 Å². The average Bonchev–Trinajstić information content (AvgIpc) is 2.48. The highest BCUT2D eigenvalue weighted by molar-refractivity contribution is 5.93. The van der Waals surface area contributed by atoms with Gasteiger partial charge in [0.05, 0.1) is 6.54 Å². The Morgan fingerprint density at radius 3 is 2.80 bits per heavy atom. The summed E-state index contributed by atoms with van der Waals surface area (Å²) >= 11 is 0. The number of piperazine rings is 1. The minimum absolute atomic E-state index is 0.0558. The zero-order valence-electron chi connectivity index (χ0n) is 11.5. The topological polar surface area (TPSA) is 91.6 Å². The summed E-state index contributed by atoms with van der Waals surface area (Å²) in [6, 6.07) is 3.14. The Hall–Kier alpha value is -2.15. The molecular formula is C13H19N5O2. The molecule has 1 saturated heterocycles. The molecule has 0 aliphatic carbocycles. The second-order valence-corrected chi connectivity index (χ2v) is 4.75. The molecule has 0 radical (unpaired) electrons. The SMILES string of the molecule is CN(CC(=O)N1CCNCC1)c1cc(C(N)=O)ccn1. The van der Waals surface area contributed by atoms with E-state index < -0.39 is 5.91 Å². The van der Waals surface area contributed by atoms with E-state index in [9.17, 15) is 9.59 Å². The molecule has 0 bridgehead atoms. The molecule has 1 aromatic rings. The molecule has 0 atom stereocenters. The number of likely N-dealkylation sites (N-methyl/N-ethyl adjacent to an activating group) is 1. The normalized spacial score (nSPS) is 14.9. The van der Waals surface area contributed by atoms with Gasteiger partial charge in [0.25, 0.3) is 0 Å². The summed E-state index contributed by atoms with van der Waals surface area (Å²) in [6.45, 7) is 3.33. The minimum atomic E-state index is -0.504.